The highest BCUT2D eigenvalue weighted by atomic mass is 79.9. The minimum atomic E-state index is 0.260. The molecule has 1 fully saturated rings. The summed E-state index contributed by atoms with van der Waals surface area (Å²) in [6.07, 6.45) is 1.22. The second kappa shape index (κ2) is 7.93. The molecule has 5 heteroatoms. The average Bonchev–Trinajstić information content (AvgIpc) is 2.94. The molecule has 3 nitrogen and oxygen atoms in total. The summed E-state index contributed by atoms with van der Waals surface area (Å²) >= 11 is 9.68. The van der Waals surface area contributed by atoms with Gasteiger partial charge in [-0.3, -0.25) is 9.80 Å². The van der Waals surface area contributed by atoms with Gasteiger partial charge in [-0.05, 0) is 53.1 Å². The van der Waals surface area contributed by atoms with Crippen molar-refractivity contribution >= 4 is 27.5 Å². The predicted octanol–water partition coefficient (Wildman–Crippen LogP) is 3.52. The maximum absolute atomic E-state index is 6.23. The van der Waals surface area contributed by atoms with Gasteiger partial charge in [0.15, 0.2) is 0 Å². The van der Waals surface area contributed by atoms with Gasteiger partial charge in [-0.1, -0.05) is 31.5 Å². The Morgan fingerprint density at radius 3 is 2.71 bits per heavy atom. The van der Waals surface area contributed by atoms with E-state index in [0.29, 0.717) is 12.6 Å². The molecule has 0 amide bonds. The molecular formula is C16H25BrClN3. The molecule has 1 heterocycles. The van der Waals surface area contributed by atoms with Crippen molar-refractivity contribution in [3.63, 3.8) is 0 Å². The number of nitrogens with two attached hydrogens (primary N) is 1. The molecule has 1 aliphatic heterocycles. The minimum absolute atomic E-state index is 0.260. The third-order valence-electron chi connectivity index (χ3n) is 4.52. The van der Waals surface area contributed by atoms with E-state index >= 15 is 0 Å². The highest BCUT2D eigenvalue weighted by Crippen LogP contribution is 2.30. The Morgan fingerprint density at radius 2 is 2.14 bits per heavy atom. The quantitative estimate of drug-likeness (QED) is 0.827. The largest absolute Gasteiger partial charge is 0.329 e. The van der Waals surface area contributed by atoms with Crippen molar-refractivity contribution in [3.05, 3.63) is 33.3 Å². The van der Waals surface area contributed by atoms with Crippen LogP contribution in [0.4, 0.5) is 0 Å². The van der Waals surface area contributed by atoms with Gasteiger partial charge in [0.05, 0.1) is 5.02 Å². The van der Waals surface area contributed by atoms with E-state index in [2.05, 4.69) is 45.6 Å². The number of likely N-dealkylation sites (N-methyl/N-ethyl adjacent to an activating group) is 1. The number of hydrogen-bond acceptors (Lipinski definition) is 3. The van der Waals surface area contributed by atoms with E-state index in [0.717, 1.165) is 35.7 Å². The van der Waals surface area contributed by atoms with Gasteiger partial charge in [-0.25, -0.2) is 0 Å². The van der Waals surface area contributed by atoms with Crippen molar-refractivity contribution in [1.29, 1.82) is 0 Å². The summed E-state index contributed by atoms with van der Waals surface area (Å²) in [5, 5.41) is 0.755. The van der Waals surface area contributed by atoms with Crippen molar-refractivity contribution in [2.24, 2.45) is 5.73 Å². The number of hydrogen-bond donors (Lipinski definition) is 1. The van der Waals surface area contributed by atoms with Crippen molar-refractivity contribution in [2.45, 2.75) is 32.4 Å². The second-order valence-corrected chi connectivity index (χ2v) is 6.85. The summed E-state index contributed by atoms with van der Waals surface area (Å²) in [7, 11) is 0. The van der Waals surface area contributed by atoms with E-state index in [-0.39, 0.29) is 6.04 Å². The molecule has 1 aromatic carbocycles. The number of nitrogens with zero attached hydrogens (tertiary/aromatic N) is 2. The van der Waals surface area contributed by atoms with E-state index in [1.165, 1.54) is 12.0 Å². The zero-order valence-electron chi connectivity index (χ0n) is 12.9. The summed E-state index contributed by atoms with van der Waals surface area (Å²) < 4.78 is 0.936. The normalized spacial score (nSPS) is 21.1. The molecule has 118 valence electrons. The van der Waals surface area contributed by atoms with E-state index in [9.17, 15) is 0 Å². The Kier molecular flexibility index (Phi) is 6.51. The molecule has 0 saturated carbocycles. The second-order valence-electron chi connectivity index (χ2n) is 5.58. The van der Waals surface area contributed by atoms with Crippen LogP contribution >= 0.6 is 27.5 Å². The molecule has 21 heavy (non-hydrogen) atoms. The van der Waals surface area contributed by atoms with Gasteiger partial charge >= 0.3 is 0 Å². The van der Waals surface area contributed by atoms with Crippen LogP contribution in [-0.2, 0) is 0 Å². The average molecular weight is 375 g/mol. The van der Waals surface area contributed by atoms with Crippen LogP contribution in [0.1, 0.15) is 31.9 Å². The molecule has 2 rings (SSSR count). The van der Waals surface area contributed by atoms with E-state index < -0.39 is 0 Å². The summed E-state index contributed by atoms with van der Waals surface area (Å²) in [5.74, 6) is 0. The maximum atomic E-state index is 6.23. The van der Waals surface area contributed by atoms with Crippen LogP contribution in [0.2, 0.25) is 5.02 Å². The highest BCUT2D eigenvalue weighted by molar-refractivity contribution is 9.10. The first-order chi connectivity index (χ1) is 10.1. The van der Waals surface area contributed by atoms with Crippen LogP contribution in [-0.4, -0.2) is 48.6 Å². The van der Waals surface area contributed by atoms with Crippen LogP contribution < -0.4 is 5.73 Å². The molecular weight excluding hydrogens is 350 g/mol. The minimum Gasteiger partial charge on any atom is -0.329 e. The fraction of sp³-hybridized carbons (Fsp3) is 0.625. The molecule has 0 spiro atoms. The van der Waals surface area contributed by atoms with Gasteiger partial charge in [-0.2, -0.15) is 0 Å². The van der Waals surface area contributed by atoms with Crippen molar-refractivity contribution < 1.29 is 0 Å². The first kappa shape index (κ1) is 17.2. The van der Waals surface area contributed by atoms with Gasteiger partial charge in [0, 0.05) is 36.2 Å². The molecule has 1 saturated heterocycles. The first-order valence-corrected chi connectivity index (χ1v) is 8.90. The predicted molar refractivity (Wildman–Crippen MR) is 93.8 cm³/mol. The molecule has 0 radical (unpaired) electrons. The molecule has 2 unspecified atom stereocenters. The zero-order chi connectivity index (χ0) is 15.4. The fourth-order valence-corrected chi connectivity index (χ4v) is 3.74. The van der Waals surface area contributed by atoms with Crippen LogP contribution in [0.5, 0.6) is 0 Å². The van der Waals surface area contributed by atoms with E-state index in [4.69, 9.17) is 17.3 Å². The van der Waals surface area contributed by atoms with Gasteiger partial charge in [0.1, 0.15) is 0 Å². The lowest BCUT2D eigenvalue weighted by Crippen LogP contribution is -2.39. The molecule has 1 aromatic rings. The van der Waals surface area contributed by atoms with E-state index in [1.807, 2.05) is 12.1 Å². The fourth-order valence-electron chi connectivity index (χ4n) is 3.30. The summed E-state index contributed by atoms with van der Waals surface area (Å²) in [5.41, 5.74) is 7.26. The molecule has 2 N–H and O–H groups in total. The van der Waals surface area contributed by atoms with Crippen LogP contribution in [0.25, 0.3) is 0 Å². The Morgan fingerprint density at radius 1 is 1.43 bits per heavy atom. The van der Waals surface area contributed by atoms with Crippen molar-refractivity contribution in [3.8, 4) is 0 Å². The monoisotopic (exact) mass is 373 g/mol. The highest BCUT2D eigenvalue weighted by Gasteiger charge is 2.30. The van der Waals surface area contributed by atoms with Crippen molar-refractivity contribution in [2.75, 3.05) is 32.7 Å². The summed E-state index contributed by atoms with van der Waals surface area (Å²) in [4.78, 5) is 5.05. The lowest BCUT2D eigenvalue weighted by Gasteiger charge is -2.30. The topological polar surface area (TPSA) is 32.5 Å². The van der Waals surface area contributed by atoms with Crippen LogP contribution in [0.15, 0.2) is 22.7 Å². The lowest BCUT2D eigenvalue weighted by atomic mass is 10.1. The van der Waals surface area contributed by atoms with Gasteiger partial charge in [0.2, 0.25) is 0 Å². The summed E-state index contributed by atoms with van der Waals surface area (Å²) in [6.45, 7) is 9.54. The third kappa shape index (κ3) is 3.99. The Bertz CT molecular complexity index is 465. The maximum Gasteiger partial charge on any atom is 0.0551 e. The van der Waals surface area contributed by atoms with Gasteiger partial charge in [0.25, 0.3) is 0 Å². The molecule has 1 aliphatic rings. The SMILES string of the molecule is CCN(CC)C1CCN(C(CN)c2ccc(Br)c(Cl)c2)C1. The molecule has 2 atom stereocenters. The molecule has 0 aromatic heterocycles. The Balaban J connectivity index is 2.10. The number of halogens is 2. The Hall–Kier alpha value is -0.130. The summed E-state index contributed by atoms with van der Waals surface area (Å²) in [6, 6.07) is 7.08. The van der Waals surface area contributed by atoms with Gasteiger partial charge in [-0.15, -0.1) is 0 Å². The standard InChI is InChI=1S/C16H25BrClN3/c1-3-20(4-2)13-7-8-21(11-13)16(10-19)12-5-6-14(17)15(18)9-12/h5-6,9,13,16H,3-4,7-8,10-11,19H2,1-2H3. The van der Waals surface area contributed by atoms with E-state index in [1.54, 1.807) is 0 Å². The number of rotatable bonds is 6. The third-order valence-corrected chi connectivity index (χ3v) is 5.75. The first-order valence-electron chi connectivity index (χ1n) is 7.73. The van der Waals surface area contributed by atoms with Crippen LogP contribution in [0.3, 0.4) is 0 Å². The zero-order valence-corrected chi connectivity index (χ0v) is 15.2. The molecule has 0 bridgehead atoms. The van der Waals surface area contributed by atoms with Crippen LogP contribution in [0, 0.1) is 0 Å². The number of likely N-dealkylation sites (tertiary alicyclic amines) is 1. The van der Waals surface area contributed by atoms with Gasteiger partial charge < -0.3 is 5.73 Å². The lowest BCUT2D eigenvalue weighted by molar-refractivity contribution is 0.190. The number of benzene rings is 1. The van der Waals surface area contributed by atoms with Crippen molar-refractivity contribution in [1.82, 2.24) is 9.80 Å². The Labute approximate surface area is 141 Å². The molecule has 0 aliphatic carbocycles. The smallest absolute Gasteiger partial charge is 0.0551 e.